The van der Waals surface area contributed by atoms with Crippen molar-refractivity contribution >= 4 is 24.8 Å². The van der Waals surface area contributed by atoms with Crippen molar-refractivity contribution in [3.05, 3.63) is 46.5 Å². The highest BCUT2D eigenvalue weighted by atomic mass is 35.5. The molecule has 2 aromatic rings. The number of nitrogens with zero attached hydrogens (tertiary/aromatic N) is 2. The Kier molecular flexibility index (Phi) is 10.8. The molecule has 2 aliphatic heterocycles. The molecule has 196 valence electrons. The molecule has 6 nitrogen and oxygen atoms in total. The zero-order valence-electron chi connectivity index (χ0n) is 21.8. The van der Waals surface area contributed by atoms with E-state index in [0.717, 1.165) is 68.2 Å². The highest BCUT2D eigenvalue weighted by molar-refractivity contribution is 5.85. The van der Waals surface area contributed by atoms with Crippen LogP contribution in [0.15, 0.2) is 24.3 Å². The lowest BCUT2D eigenvalue weighted by Crippen LogP contribution is -2.34. The van der Waals surface area contributed by atoms with E-state index >= 15 is 0 Å². The maximum atomic E-state index is 5.61. The highest BCUT2D eigenvalue weighted by Gasteiger charge is 2.29. The van der Waals surface area contributed by atoms with Gasteiger partial charge in [0.15, 0.2) is 23.0 Å². The fourth-order valence-electron chi connectivity index (χ4n) is 5.56. The molecule has 0 spiro atoms. The van der Waals surface area contributed by atoms with Crippen LogP contribution in [0.3, 0.4) is 0 Å². The standard InChI is InChI=1S/C27H38N2O4.2ClH/c1-28-12-10-18-14-24(30-3)26(32-5)16-20(18)22(28)8-7-9-23-21-17-27(33-6)25(31-4)15-19(21)11-13-29(23)2;;/h14-17,22-23H,7-13H2,1-6H3;2*1H/t22-,23-;;/m0../s1. The van der Waals surface area contributed by atoms with Crippen LogP contribution in [-0.2, 0) is 12.8 Å². The fraction of sp³-hybridized carbons (Fsp3) is 0.556. The molecule has 2 atom stereocenters. The van der Waals surface area contributed by atoms with Crippen molar-refractivity contribution in [2.75, 3.05) is 55.6 Å². The maximum Gasteiger partial charge on any atom is 0.161 e. The van der Waals surface area contributed by atoms with Crippen molar-refractivity contribution in [2.45, 2.75) is 44.2 Å². The first-order valence-corrected chi connectivity index (χ1v) is 11.9. The lowest BCUT2D eigenvalue weighted by molar-refractivity contribution is 0.188. The summed E-state index contributed by atoms with van der Waals surface area (Å²) in [6.07, 6.45) is 5.47. The highest BCUT2D eigenvalue weighted by Crippen LogP contribution is 2.42. The predicted molar refractivity (Wildman–Crippen MR) is 146 cm³/mol. The molecule has 0 radical (unpaired) electrons. The molecule has 0 bridgehead atoms. The van der Waals surface area contributed by atoms with Crippen molar-refractivity contribution in [3.8, 4) is 23.0 Å². The molecule has 2 aromatic carbocycles. The van der Waals surface area contributed by atoms with Crippen LogP contribution in [0.2, 0.25) is 0 Å². The van der Waals surface area contributed by atoms with Crippen molar-refractivity contribution < 1.29 is 18.9 Å². The van der Waals surface area contributed by atoms with Crippen molar-refractivity contribution in [1.29, 1.82) is 0 Å². The number of rotatable bonds is 8. The molecule has 0 aromatic heterocycles. The van der Waals surface area contributed by atoms with Crippen molar-refractivity contribution in [3.63, 3.8) is 0 Å². The third-order valence-corrected chi connectivity index (χ3v) is 7.50. The van der Waals surface area contributed by atoms with E-state index in [2.05, 4.69) is 48.2 Å². The van der Waals surface area contributed by atoms with Gasteiger partial charge < -0.3 is 18.9 Å². The van der Waals surface area contributed by atoms with Crippen LogP contribution in [-0.4, -0.2) is 65.4 Å². The van der Waals surface area contributed by atoms with Crippen LogP contribution in [0.1, 0.15) is 53.6 Å². The number of likely N-dealkylation sites (N-methyl/N-ethyl adjacent to an activating group) is 2. The molecule has 0 fully saturated rings. The van der Waals surface area contributed by atoms with Gasteiger partial charge in [-0.15, -0.1) is 24.8 Å². The second-order valence-electron chi connectivity index (χ2n) is 9.24. The molecular weight excluding hydrogens is 487 g/mol. The Balaban J connectivity index is 0.00000216. The van der Waals surface area contributed by atoms with Gasteiger partial charge >= 0.3 is 0 Å². The minimum absolute atomic E-state index is 0. The Morgan fingerprint density at radius 3 is 1.31 bits per heavy atom. The quantitative estimate of drug-likeness (QED) is 0.452. The van der Waals surface area contributed by atoms with Gasteiger partial charge in [0, 0.05) is 25.2 Å². The van der Waals surface area contributed by atoms with Crippen LogP contribution in [0.5, 0.6) is 23.0 Å². The van der Waals surface area contributed by atoms with Gasteiger partial charge in [0.1, 0.15) is 0 Å². The van der Waals surface area contributed by atoms with Gasteiger partial charge in [0.05, 0.1) is 28.4 Å². The monoisotopic (exact) mass is 526 g/mol. The zero-order valence-corrected chi connectivity index (χ0v) is 23.4. The average molecular weight is 528 g/mol. The van der Waals surface area contributed by atoms with E-state index in [-0.39, 0.29) is 24.8 Å². The van der Waals surface area contributed by atoms with Crippen LogP contribution >= 0.6 is 24.8 Å². The van der Waals surface area contributed by atoms with E-state index in [0.29, 0.717) is 12.1 Å². The number of ether oxygens (including phenoxy) is 4. The molecular formula is C27H40Cl2N2O4. The largest absolute Gasteiger partial charge is 0.493 e. The van der Waals surface area contributed by atoms with Gasteiger partial charge in [-0.05, 0) is 92.7 Å². The Morgan fingerprint density at radius 1 is 0.629 bits per heavy atom. The number of halogens is 2. The first kappa shape index (κ1) is 29.4. The van der Waals surface area contributed by atoms with Crippen LogP contribution in [0.25, 0.3) is 0 Å². The second-order valence-corrected chi connectivity index (χ2v) is 9.24. The van der Waals surface area contributed by atoms with E-state index < -0.39 is 0 Å². The average Bonchev–Trinajstić information content (AvgIpc) is 2.84. The number of benzene rings is 2. The first-order chi connectivity index (χ1) is 16.0. The second kappa shape index (κ2) is 12.9. The molecule has 4 rings (SSSR count). The molecule has 2 aliphatic rings. The van der Waals surface area contributed by atoms with Gasteiger partial charge in [0.25, 0.3) is 0 Å². The Hall–Kier alpha value is -1.86. The maximum absolute atomic E-state index is 5.61. The number of fused-ring (bicyclic) bond motifs is 2. The summed E-state index contributed by atoms with van der Waals surface area (Å²) in [5.74, 6) is 3.28. The first-order valence-electron chi connectivity index (χ1n) is 11.9. The minimum Gasteiger partial charge on any atom is -0.493 e. The normalized spacial score (nSPS) is 19.5. The van der Waals surface area contributed by atoms with Crippen LogP contribution < -0.4 is 18.9 Å². The fourth-order valence-corrected chi connectivity index (χ4v) is 5.56. The van der Waals surface area contributed by atoms with E-state index in [9.17, 15) is 0 Å². The summed E-state index contributed by atoms with van der Waals surface area (Å²) in [7, 11) is 11.3. The van der Waals surface area contributed by atoms with Crippen LogP contribution in [0.4, 0.5) is 0 Å². The smallest absolute Gasteiger partial charge is 0.161 e. The summed E-state index contributed by atoms with van der Waals surface area (Å²) in [6, 6.07) is 9.50. The summed E-state index contributed by atoms with van der Waals surface area (Å²) in [5, 5.41) is 0. The van der Waals surface area contributed by atoms with Crippen molar-refractivity contribution in [1.82, 2.24) is 9.80 Å². The van der Waals surface area contributed by atoms with E-state index in [4.69, 9.17) is 18.9 Å². The zero-order chi connectivity index (χ0) is 23.5. The van der Waals surface area contributed by atoms with Gasteiger partial charge in [-0.1, -0.05) is 0 Å². The molecule has 0 unspecified atom stereocenters. The van der Waals surface area contributed by atoms with Crippen LogP contribution in [0, 0.1) is 0 Å². The van der Waals surface area contributed by atoms with Crippen molar-refractivity contribution in [2.24, 2.45) is 0 Å². The lowest BCUT2D eigenvalue weighted by atomic mass is 9.86. The molecule has 0 saturated heterocycles. The summed E-state index contributed by atoms with van der Waals surface area (Å²) >= 11 is 0. The van der Waals surface area contributed by atoms with Gasteiger partial charge in [-0.2, -0.15) is 0 Å². The Morgan fingerprint density at radius 2 is 0.971 bits per heavy atom. The molecule has 0 saturated carbocycles. The summed E-state index contributed by atoms with van der Waals surface area (Å²) in [5.41, 5.74) is 5.52. The lowest BCUT2D eigenvalue weighted by Gasteiger charge is -2.37. The molecule has 35 heavy (non-hydrogen) atoms. The molecule has 0 N–H and O–H groups in total. The molecule has 0 amide bonds. The third-order valence-electron chi connectivity index (χ3n) is 7.50. The van der Waals surface area contributed by atoms with Gasteiger partial charge in [0.2, 0.25) is 0 Å². The summed E-state index contributed by atoms with van der Waals surface area (Å²) in [4.78, 5) is 4.97. The SMILES string of the molecule is COc1cc2c(cc1OC)[C@H](CCC[C@H]1c3cc(OC)c(OC)cc3CCN1C)N(C)CC2.Cl.Cl. The Bertz CT molecular complexity index is 911. The summed E-state index contributed by atoms with van der Waals surface area (Å²) in [6.45, 7) is 2.13. The van der Waals surface area contributed by atoms with Gasteiger partial charge in [-0.25, -0.2) is 0 Å². The molecule has 8 heteroatoms. The minimum atomic E-state index is 0. The molecule has 0 aliphatic carbocycles. The topological polar surface area (TPSA) is 43.4 Å². The van der Waals surface area contributed by atoms with E-state index in [1.807, 2.05) is 0 Å². The predicted octanol–water partition coefficient (Wildman–Crippen LogP) is 5.49. The number of hydrogen-bond acceptors (Lipinski definition) is 6. The van der Waals surface area contributed by atoms with E-state index in [1.165, 1.54) is 22.3 Å². The van der Waals surface area contributed by atoms with Gasteiger partial charge in [-0.3, -0.25) is 9.80 Å². The number of methoxy groups -OCH3 is 4. The summed E-state index contributed by atoms with van der Waals surface area (Å²) < 4.78 is 22.3. The molecule has 2 heterocycles. The third kappa shape index (κ3) is 5.93. The van der Waals surface area contributed by atoms with E-state index in [1.54, 1.807) is 28.4 Å². The number of hydrogen-bond donors (Lipinski definition) is 0. The Labute approximate surface area is 222 Å².